The van der Waals surface area contributed by atoms with Crippen molar-refractivity contribution in [2.45, 2.75) is 25.8 Å². The lowest BCUT2D eigenvalue weighted by Crippen LogP contribution is -2.37. The summed E-state index contributed by atoms with van der Waals surface area (Å²) in [6, 6.07) is 10.1. The maximum atomic E-state index is 13.5. The number of thioether (sulfide) groups is 1. The van der Waals surface area contributed by atoms with E-state index >= 15 is 0 Å². The lowest BCUT2D eigenvalue weighted by Gasteiger charge is -2.14. The van der Waals surface area contributed by atoms with Crippen LogP contribution in [0.4, 0.5) is 4.39 Å². The van der Waals surface area contributed by atoms with Crippen molar-refractivity contribution in [3.05, 3.63) is 58.9 Å². The summed E-state index contributed by atoms with van der Waals surface area (Å²) in [5.41, 5.74) is 2.89. The Hall–Kier alpha value is -1.68. The topological polar surface area (TPSA) is 65.9 Å². The van der Waals surface area contributed by atoms with Gasteiger partial charge >= 0.3 is 0 Å². The standard InChI is InChI=1S/C20H26FN3O2S.HI/c1-4-22-20(23-11-14-5-8-19(26-2)18(25)9-14)24-12-15-6-7-17(21)10-16(15)13-27-3;/h5-10,25H,4,11-13H2,1-3H3,(H2,22,23,24);1H. The lowest BCUT2D eigenvalue weighted by molar-refractivity contribution is 0.373. The number of hydrogen-bond acceptors (Lipinski definition) is 4. The molecule has 0 amide bonds. The highest BCUT2D eigenvalue weighted by Gasteiger charge is 2.06. The Morgan fingerprint density at radius 1 is 1.18 bits per heavy atom. The van der Waals surface area contributed by atoms with E-state index in [9.17, 15) is 9.50 Å². The number of halogens is 2. The van der Waals surface area contributed by atoms with Crippen LogP contribution in [0, 0.1) is 5.82 Å². The van der Waals surface area contributed by atoms with E-state index in [1.54, 1.807) is 36.0 Å². The fraction of sp³-hybridized carbons (Fsp3) is 0.350. The van der Waals surface area contributed by atoms with E-state index in [0.29, 0.717) is 24.8 Å². The van der Waals surface area contributed by atoms with Crippen molar-refractivity contribution in [1.82, 2.24) is 10.6 Å². The quantitative estimate of drug-likeness (QED) is 0.276. The predicted octanol–water partition coefficient (Wildman–Crippen LogP) is 4.28. The summed E-state index contributed by atoms with van der Waals surface area (Å²) in [6.45, 7) is 3.68. The monoisotopic (exact) mass is 519 g/mol. The van der Waals surface area contributed by atoms with Gasteiger partial charge in [-0.1, -0.05) is 12.1 Å². The van der Waals surface area contributed by atoms with Crippen LogP contribution in [0.25, 0.3) is 0 Å². The van der Waals surface area contributed by atoms with E-state index in [2.05, 4.69) is 15.6 Å². The Morgan fingerprint density at radius 2 is 1.96 bits per heavy atom. The fourth-order valence-electron chi connectivity index (χ4n) is 2.58. The molecule has 28 heavy (non-hydrogen) atoms. The summed E-state index contributed by atoms with van der Waals surface area (Å²) in [5.74, 6) is 1.73. The Labute approximate surface area is 187 Å². The van der Waals surface area contributed by atoms with Gasteiger partial charge in [-0.25, -0.2) is 9.38 Å². The summed E-state index contributed by atoms with van der Waals surface area (Å²) in [7, 11) is 1.51. The first kappa shape index (κ1) is 24.4. The summed E-state index contributed by atoms with van der Waals surface area (Å²) in [4.78, 5) is 4.55. The number of aliphatic imine (C=N–C) groups is 1. The molecule has 0 aliphatic heterocycles. The zero-order valence-electron chi connectivity index (χ0n) is 16.3. The van der Waals surface area contributed by atoms with Gasteiger partial charge in [-0.15, -0.1) is 24.0 Å². The molecule has 2 rings (SSSR count). The third kappa shape index (κ3) is 7.38. The van der Waals surface area contributed by atoms with Crippen LogP contribution in [-0.2, 0) is 18.8 Å². The summed E-state index contributed by atoms with van der Waals surface area (Å²) < 4.78 is 18.5. The van der Waals surface area contributed by atoms with Gasteiger partial charge in [0.05, 0.1) is 13.7 Å². The molecule has 0 aromatic heterocycles. The molecule has 3 N–H and O–H groups in total. The number of ether oxygens (including phenoxy) is 1. The molecule has 0 bridgehead atoms. The largest absolute Gasteiger partial charge is 0.504 e. The van der Waals surface area contributed by atoms with Gasteiger partial charge < -0.3 is 20.5 Å². The van der Waals surface area contributed by atoms with Crippen LogP contribution in [0.3, 0.4) is 0 Å². The predicted molar refractivity (Wildman–Crippen MR) is 125 cm³/mol. The highest BCUT2D eigenvalue weighted by molar-refractivity contribution is 14.0. The number of aromatic hydroxyl groups is 1. The summed E-state index contributed by atoms with van der Waals surface area (Å²) >= 11 is 1.66. The molecule has 5 nitrogen and oxygen atoms in total. The summed E-state index contributed by atoms with van der Waals surface area (Å²) in [5, 5.41) is 16.4. The van der Waals surface area contributed by atoms with Gasteiger partial charge in [-0.3, -0.25) is 0 Å². The number of guanidine groups is 1. The van der Waals surface area contributed by atoms with Gasteiger partial charge in [-0.05, 0) is 54.1 Å². The second kappa shape index (κ2) is 12.7. The van der Waals surface area contributed by atoms with Gasteiger partial charge in [0, 0.05) is 18.8 Å². The number of rotatable bonds is 8. The van der Waals surface area contributed by atoms with Gasteiger partial charge in [0.2, 0.25) is 0 Å². The molecule has 0 aliphatic rings. The summed E-state index contributed by atoms with van der Waals surface area (Å²) in [6.07, 6.45) is 2.00. The van der Waals surface area contributed by atoms with E-state index in [1.807, 2.05) is 19.2 Å². The first-order chi connectivity index (χ1) is 13.1. The van der Waals surface area contributed by atoms with Crippen molar-refractivity contribution in [2.24, 2.45) is 4.99 Å². The number of phenolic OH excluding ortho intramolecular Hbond substituents is 1. The van der Waals surface area contributed by atoms with Crippen LogP contribution in [0.2, 0.25) is 0 Å². The van der Waals surface area contributed by atoms with Crippen molar-refractivity contribution in [1.29, 1.82) is 0 Å². The van der Waals surface area contributed by atoms with Crippen LogP contribution < -0.4 is 15.4 Å². The van der Waals surface area contributed by atoms with E-state index in [1.165, 1.54) is 13.2 Å². The van der Waals surface area contributed by atoms with Gasteiger partial charge in [0.25, 0.3) is 0 Å². The molecular formula is C20H27FIN3O2S. The second-order valence-corrected chi connectivity index (χ2v) is 6.77. The van der Waals surface area contributed by atoms with Crippen LogP contribution in [0.1, 0.15) is 23.6 Å². The normalized spacial score (nSPS) is 10.9. The minimum atomic E-state index is -0.220. The molecule has 2 aromatic rings. The Bertz CT molecular complexity index is 790. The van der Waals surface area contributed by atoms with E-state index < -0.39 is 0 Å². The zero-order chi connectivity index (χ0) is 19.6. The molecule has 0 heterocycles. The Morgan fingerprint density at radius 3 is 2.61 bits per heavy atom. The van der Waals surface area contributed by atoms with Crippen molar-refractivity contribution in [3.63, 3.8) is 0 Å². The van der Waals surface area contributed by atoms with Crippen LogP contribution in [-0.4, -0.2) is 31.0 Å². The molecule has 2 aromatic carbocycles. The molecule has 0 aliphatic carbocycles. The van der Waals surface area contributed by atoms with E-state index in [0.717, 1.165) is 29.0 Å². The number of benzene rings is 2. The van der Waals surface area contributed by atoms with Crippen LogP contribution >= 0.6 is 35.7 Å². The van der Waals surface area contributed by atoms with Crippen LogP contribution in [0.5, 0.6) is 11.5 Å². The molecule has 0 saturated heterocycles. The van der Waals surface area contributed by atoms with Gasteiger partial charge in [0.15, 0.2) is 17.5 Å². The molecule has 0 spiro atoms. The molecule has 154 valence electrons. The molecule has 0 radical (unpaired) electrons. The number of hydrogen-bond donors (Lipinski definition) is 3. The fourth-order valence-corrected chi connectivity index (χ4v) is 3.16. The van der Waals surface area contributed by atoms with Crippen molar-refractivity contribution < 1.29 is 14.2 Å². The maximum Gasteiger partial charge on any atom is 0.191 e. The average Bonchev–Trinajstić information content (AvgIpc) is 2.65. The number of phenols is 1. The maximum absolute atomic E-state index is 13.5. The Balaban J connectivity index is 0.00000392. The minimum absolute atomic E-state index is 0. The molecular weight excluding hydrogens is 492 g/mol. The van der Waals surface area contributed by atoms with E-state index in [-0.39, 0.29) is 35.5 Å². The Kier molecular flexibility index (Phi) is 11.1. The second-order valence-electron chi connectivity index (χ2n) is 5.90. The SMILES string of the molecule is CCNC(=NCc1ccc(OC)c(O)c1)NCc1ccc(F)cc1CSC.I. The van der Waals surface area contributed by atoms with E-state index in [4.69, 9.17) is 4.74 Å². The number of nitrogens with zero attached hydrogens (tertiary/aromatic N) is 1. The molecule has 0 fully saturated rings. The van der Waals surface area contributed by atoms with Crippen molar-refractivity contribution >= 4 is 41.7 Å². The van der Waals surface area contributed by atoms with Gasteiger partial charge in [-0.2, -0.15) is 11.8 Å². The zero-order valence-corrected chi connectivity index (χ0v) is 19.4. The molecule has 8 heteroatoms. The highest BCUT2D eigenvalue weighted by atomic mass is 127. The lowest BCUT2D eigenvalue weighted by atomic mass is 10.1. The molecule has 0 saturated carbocycles. The first-order valence-corrected chi connectivity index (χ1v) is 10.1. The smallest absolute Gasteiger partial charge is 0.191 e. The highest BCUT2D eigenvalue weighted by Crippen LogP contribution is 2.26. The van der Waals surface area contributed by atoms with Gasteiger partial charge in [0.1, 0.15) is 5.82 Å². The van der Waals surface area contributed by atoms with Crippen molar-refractivity contribution in [3.8, 4) is 11.5 Å². The third-order valence-electron chi connectivity index (χ3n) is 3.92. The molecule has 0 unspecified atom stereocenters. The minimum Gasteiger partial charge on any atom is -0.504 e. The average molecular weight is 519 g/mol. The molecule has 0 atom stereocenters. The van der Waals surface area contributed by atoms with Crippen molar-refractivity contribution in [2.75, 3.05) is 19.9 Å². The number of methoxy groups -OCH3 is 1. The number of nitrogens with one attached hydrogen (secondary N) is 2. The first-order valence-electron chi connectivity index (χ1n) is 8.71. The van der Waals surface area contributed by atoms with Crippen LogP contribution in [0.15, 0.2) is 41.4 Å². The third-order valence-corrected chi connectivity index (χ3v) is 4.52.